The number of hydrogen-bond acceptors (Lipinski definition) is 6. The summed E-state index contributed by atoms with van der Waals surface area (Å²) in [6.07, 6.45) is 10.0. The van der Waals surface area contributed by atoms with Crippen LogP contribution in [0.2, 0.25) is 0 Å². The summed E-state index contributed by atoms with van der Waals surface area (Å²) in [5.74, 6) is -0.0112. The average molecular weight is 428 g/mol. The van der Waals surface area contributed by atoms with Gasteiger partial charge in [-0.25, -0.2) is 9.50 Å². The number of fused-ring (bicyclic) bond motifs is 1. The van der Waals surface area contributed by atoms with Crippen LogP contribution in [0.3, 0.4) is 0 Å². The molecule has 2 aliphatic rings. The van der Waals surface area contributed by atoms with Crippen molar-refractivity contribution in [3.63, 3.8) is 0 Å². The molecule has 1 aliphatic carbocycles. The molecule has 4 aromatic heterocycles. The molecule has 0 amide bonds. The minimum atomic E-state index is -0.272. The molecule has 0 aromatic carbocycles. The van der Waals surface area contributed by atoms with E-state index in [1.165, 1.54) is 0 Å². The van der Waals surface area contributed by atoms with Gasteiger partial charge in [-0.15, -0.1) is 0 Å². The highest BCUT2D eigenvalue weighted by Crippen LogP contribution is 2.47. The number of rotatable bonds is 3. The summed E-state index contributed by atoms with van der Waals surface area (Å²) in [6.45, 7) is 2.55. The highest BCUT2D eigenvalue weighted by molar-refractivity contribution is 5.79. The van der Waals surface area contributed by atoms with E-state index in [2.05, 4.69) is 27.0 Å². The van der Waals surface area contributed by atoms with Gasteiger partial charge < -0.3 is 4.74 Å². The first-order valence-electron chi connectivity index (χ1n) is 11.1. The molecule has 0 radical (unpaired) electrons. The molecule has 8 nitrogen and oxygen atoms in total. The van der Waals surface area contributed by atoms with E-state index in [9.17, 15) is 4.79 Å². The zero-order valence-corrected chi connectivity index (χ0v) is 17.9. The van der Waals surface area contributed by atoms with Crippen molar-refractivity contribution < 1.29 is 9.53 Å². The van der Waals surface area contributed by atoms with Crippen molar-refractivity contribution in [3.8, 4) is 22.5 Å². The largest absolute Gasteiger partial charge is 0.465 e. The monoisotopic (exact) mass is 428 g/mol. The van der Waals surface area contributed by atoms with Crippen LogP contribution < -0.4 is 0 Å². The molecule has 0 unspecified atom stereocenters. The summed E-state index contributed by atoms with van der Waals surface area (Å²) < 4.78 is 9.13. The third-order valence-corrected chi connectivity index (χ3v) is 6.98. The van der Waals surface area contributed by atoms with Gasteiger partial charge in [-0.1, -0.05) is 6.07 Å². The number of aryl methyl sites for hydroxylation is 1. The second-order valence-corrected chi connectivity index (χ2v) is 8.91. The van der Waals surface area contributed by atoms with Gasteiger partial charge in [0.15, 0.2) is 5.65 Å². The number of carbonyl (C=O) groups excluding carboxylic acids is 1. The molecule has 1 aliphatic heterocycles. The molecule has 5 heterocycles. The molecule has 32 heavy (non-hydrogen) atoms. The third-order valence-electron chi connectivity index (χ3n) is 6.98. The summed E-state index contributed by atoms with van der Waals surface area (Å²) >= 11 is 0. The SMILES string of the molecule is Cc1cccc(-c2nn(C3CCC4(CCOC4=O)CC3)cc2-c2ccc3ncnn3c2)n1. The second kappa shape index (κ2) is 7.25. The fraction of sp³-hybridized carbons (Fsp3) is 0.375. The van der Waals surface area contributed by atoms with Crippen LogP contribution in [0, 0.1) is 12.3 Å². The van der Waals surface area contributed by atoms with Crippen molar-refractivity contribution in [1.82, 2.24) is 29.4 Å². The molecule has 8 heteroatoms. The van der Waals surface area contributed by atoms with Crippen LogP contribution in [-0.4, -0.2) is 41.9 Å². The summed E-state index contributed by atoms with van der Waals surface area (Å²) in [7, 11) is 0. The van der Waals surface area contributed by atoms with Crippen LogP contribution in [-0.2, 0) is 9.53 Å². The van der Waals surface area contributed by atoms with E-state index in [1.54, 1.807) is 10.8 Å². The Balaban J connectivity index is 1.39. The van der Waals surface area contributed by atoms with Gasteiger partial charge in [0.1, 0.15) is 12.0 Å². The van der Waals surface area contributed by atoms with Crippen LogP contribution in [0.1, 0.15) is 43.8 Å². The summed E-state index contributed by atoms with van der Waals surface area (Å²) in [6, 6.07) is 10.3. The molecule has 0 atom stereocenters. The number of pyridine rings is 2. The van der Waals surface area contributed by atoms with Crippen LogP contribution in [0.15, 0.2) is 49.1 Å². The Morgan fingerprint density at radius 3 is 2.75 bits per heavy atom. The fourth-order valence-electron chi connectivity index (χ4n) is 5.10. The first-order chi connectivity index (χ1) is 15.6. The maximum atomic E-state index is 12.3. The predicted molar refractivity (Wildman–Crippen MR) is 118 cm³/mol. The molecular weight excluding hydrogens is 404 g/mol. The zero-order chi connectivity index (χ0) is 21.7. The number of esters is 1. The smallest absolute Gasteiger partial charge is 0.312 e. The van der Waals surface area contributed by atoms with Crippen LogP contribution >= 0.6 is 0 Å². The van der Waals surface area contributed by atoms with Gasteiger partial charge in [-0.3, -0.25) is 14.5 Å². The third kappa shape index (κ3) is 3.09. The molecule has 0 bridgehead atoms. The number of ether oxygens (including phenoxy) is 1. The standard InChI is InChI=1S/C24H24N6O2/c1-16-3-2-4-20(27-16)22-19(17-5-6-21-25-15-26-30(21)13-17)14-29(28-22)18-7-9-24(10-8-18)11-12-32-23(24)31/h2-6,13-15,18H,7-12H2,1H3. The Bertz CT molecular complexity index is 1320. The first-order valence-corrected chi connectivity index (χ1v) is 11.1. The quantitative estimate of drug-likeness (QED) is 0.458. The summed E-state index contributed by atoms with van der Waals surface area (Å²) in [4.78, 5) is 21.3. The van der Waals surface area contributed by atoms with E-state index in [4.69, 9.17) is 14.8 Å². The number of nitrogens with zero attached hydrogens (tertiary/aromatic N) is 6. The van der Waals surface area contributed by atoms with Gasteiger partial charge >= 0.3 is 5.97 Å². The van der Waals surface area contributed by atoms with Gasteiger partial charge in [-0.2, -0.15) is 10.2 Å². The highest BCUT2D eigenvalue weighted by atomic mass is 16.5. The second-order valence-electron chi connectivity index (χ2n) is 8.91. The van der Waals surface area contributed by atoms with Gasteiger partial charge in [0, 0.05) is 29.2 Å². The molecule has 0 N–H and O–H groups in total. The van der Waals surface area contributed by atoms with Crippen molar-refractivity contribution in [3.05, 3.63) is 54.7 Å². The summed E-state index contributed by atoms with van der Waals surface area (Å²) in [5, 5.41) is 9.30. The molecule has 4 aromatic rings. The topological polar surface area (TPSA) is 87.2 Å². The molecule has 162 valence electrons. The lowest BCUT2D eigenvalue weighted by Crippen LogP contribution is -2.32. The van der Waals surface area contributed by atoms with E-state index < -0.39 is 0 Å². The maximum Gasteiger partial charge on any atom is 0.312 e. The summed E-state index contributed by atoms with van der Waals surface area (Å²) in [5.41, 5.74) is 5.22. The van der Waals surface area contributed by atoms with E-state index >= 15 is 0 Å². The predicted octanol–water partition coefficient (Wildman–Crippen LogP) is 4.01. The van der Waals surface area contributed by atoms with Crippen molar-refractivity contribution in [2.75, 3.05) is 6.61 Å². The minimum absolute atomic E-state index is 0.0112. The number of hydrogen-bond donors (Lipinski definition) is 0. The number of cyclic esters (lactones) is 1. The molecule has 1 saturated carbocycles. The van der Waals surface area contributed by atoms with Gasteiger partial charge in [0.2, 0.25) is 0 Å². The molecule has 1 saturated heterocycles. The first kappa shape index (κ1) is 19.2. The van der Waals surface area contributed by atoms with E-state index in [-0.39, 0.29) is 17.4 Å². The molecule has 2 fully saturated rings. The molecule has 6 rings (SSSR count). The zero-order valence-electron chi connectivity index (χ0n) is 17.9. The van der Waals surface area contributed by atoms with Crippen LogP contribution in [0.4, 0.5) is 0 Å². The Kier molecular flexibility index (Phi) is 4.34. The molecular formula is C24H24N6O2. The number of carbonyl (C=O) groups is 1. The van der Waals surface area contributed by atoms with E-state index in [0.29, 0.717) is 6.61 Å². The Labute approximate surface area is 185 Å². The minimum Gasteiger partial charge on any atom is -0.465 e. The van der Waals surface area contributed by atoms with Gasteiger partial charge in [0.05, 0.1) is 23.8 Å². The highest BCUT2D eigenvalue weighted by Gasteiger charge is 2.47. The van der Waals surface area contributed by atoms with E-state index in [0.717, 1.165) is 66.0 Å². The van der Waals surface area contributed by atoms with Crippen molar-refractivity contribution in [2.45, 2.75) is 45.1 Å². The maximum absolute atomic E-state index is 12.3. The van der Waals surface area contributed by atoms with Gasteiger partial charge in [0.25, 0.3) is 0 Å². The van der Waals surface area contributed by atoms with Crippen molar-refractivity contribution in [2.24, 2.45) is 5.41 Å². The van der Waals surface area contributed by atoms with Crippen LogP contribution in [0.25, 0.3) is 28.2 Å². The van der Waals surface area contributed by atoms with Crippen LogP contribution in [0.5, 0.6) is 0 Å². The number of aromatic nitrogens is 6. The van der Waals surface area contributed by atoms with E-state index in [1.807, 2.05) is 37.4 Å². The lowest BCUT2D eigenvalue weighted by atomic mass is 9.71. The Morgan fingerprint density at radius 2 is 1.97 bits per heavy atom. The lowest BCUT2D eigenvalue weighted by molar-refractivity contribution is -0.148. The van der Waals surface area contributed by atoms with Crippen molar-refractivity contribution in [1.29, 1.82) is 0 Å². The Hall–Kier alpha value is -3.55. The lowest BCUT2D eigenvalue weighted by Gasteiger charge is -2.33. The molecule has 1 spiro atoms. The normalized spacial score (nSPS) is 23.2. The average Bonchev–Trinajstić information content (AvgIpc) is 3.53. The van der Waals surface area contributed by atoms with Crippen molar-refractivity contribution >= 4 is 11.6 Å². The fourth-order valence-corrected chi connectivity index (χ4v) is 5.10. The Morgan fingerprint density at radius 1 is 1.09 bits per heavy atom. The van der Waals surface area contributed by atoms with Gasteiger partial charge in [-0.05, 0) is 63.3 Å².